The summed E-state index contributed by atoms with van der Waals surface area (Å²) < 4.78 is 29.1. The lowest BCUT2D eigenvalue weighted by Crippen LogP contribution is -2.32. The van der Waals surface area contributed by atoms with E-state index in [1.54, 1.807) is 35.4 Å². The number of likely N-dealkylation sites (tertiary alicyclic amines) is 1. The van der Waals surface area contributed by atoms with E-state index in [9.17, 15) is 18.4 Å². The molecule has 0 radical (unpaired) electrons. The van der Waals surface area contributed by atoms with E-state index >= 15 is 0 Å². The summed E-state index contributed by atoms with van der Waals surface area (Å²) >= 11 is 0. The Balaban J connectivity index is 1.18. The van der Waals surface area contributed by atoms with Crippen molar-refractivity contribution in [3.05, 3.63) is 59.8 Å². The van der Waals surface area contributed by atoms with Crippen molar-refractivity contribution in [2.45, 2.75) is 13.0 Å². The summed E-state index contributed by atoms with van der Waals surface area (Å²) in [5, 5.41) is 2.88. The number of fused-ring (bicyclic) bond motifs is 1. The number of amides is 2. The maximum Gasteiger partial charge on any atom is 0.387 e. The largest absolute Gasteiger partial charge is 0.435 e. The van der Waals surface area contributed by atoms with Gasteiger partial charge < -0.3 is 20.7 Å². The number of benzene rings is 1. The van der Waals surface area contributed by atoms with Gasteiger partial charge in [0.25, 0.3) is 5.91 Å². The van der Waals surface area contributed by atoms with Gasteiger partial charge in [-0.3, -0.25) is 9.59 Å². The number of nitrogens with two attached hydrogens (primary N) is 1. The summed E-state index contributed by atoms with van der Waals surface area (Å²) in [6, 6.07) is 9.34. The highest BCUT2D eigenvalue weighted by Gasteiger charge is 2.55. The zero-order valence-electron chi connectivity index (χ0n) is 17.3. The van der Waals surface area contributed by atoms with Crippen molar-refractivity contribution in [1.82, 2.24) is 15.2 Å². The number of ether oxygens (including phenoxy) is 1. The molecule has 2 aliphatic rings. The molecule has 2 aromatic rings. The third-order valence-corrected chi connectivity index (χ3v) is 5.98. The summed E-state index contributed by atoms with van der Waals surface area (Å²) in [5.74, 6) is 1.39. The number of alkyl halides is 2. The molecule has 7 nitrogen and oxygen atoms in total. The van der Waals surface area contributed by atoms with Crippen molar-refractivity contribution >= 4 is 23.7 Å². The van der Waals surface area contributed by atoms with E-state index in [1.807, 2.05) is 0 Å². The maximum absolute atomic E-state index is 12.7. The quantitative estimate of drug-likeness (QED) is 0.613. The molecule has 2 heterocycles. The SMILES string of the molecule is Nc1ccc(/C=C/C(=O)NCC[C@@H]2[C@H]3CN(C(=O)c4cccc(OC(F)F)c4)C[C@@H]23)cn1. The van der Waals surface area contributed by atoms with Crippen LogP contribution in [0.5, 0.6) is 5.75 Å². The van der Waals surface area contributed by atoms with Crippen LogP contribution < -0.4 is 15.8 Å². The molecule has 1 saturated carbocycles. The van der Waals surface area contributed by atoms with E-state index in [1.165, 1.54) is 24.3 Å². The molecule has 9 heteroatoms. The molecule has 1 saturated heterocycles. The van der Waals surface area contributed by atoms with Gasteiger partial charge in [-0.1, -0.05) is 6.07 Å². The fourth-order valence-corrected chi connectivity index (χ4v) is 4.34. The minimum Gasteiger partial charge on any atom is -0.435 e. The van der Waals surface area contributed by atoms with Crippen LogP contribution in [0.2, 0.25) is 0 Å². The van der Waals surface area contributed by atoms with Gasteiger partial charge in [0, 0.05) is 37.5 Å². The second kappa shape index (κ2) is 9.33. The van der Waals surface area contributed by atoms with E-state index in [0.29, 0.717) is 48.8 Å². The number of carbonyl (C=O) groups is 2. The Hall–Kier alpha value is -3.49. The van der Waals surface area contributed by atoms with Crippen molar-refractivity contribution < 1.29 is 23.1 Å². The molecule has 2 amide bonds. The fourth-order valence-electron chi connectivity index (χ4n) is 4.34. The van der Waals surface area contributed by atoms with Gasteiger partial charge in [-0.15, -0.1) is 0 Å². The number of hydrogen-bond donors (Lipinski definition) is 2. The number of halogens is 2. The van der Waals surface area contributed by atoms with Crippen molar-refractivity contribution in [2.24, 2.45) is 17.8 Å². The molecule has 1 aliphatic carbocycles. The Morgan fingerprint density at radius 1 is 1.25 bits per heavy atom. The van der Waals surface area contributed by atoms with Gasteiger partial charge in [0.05, 0.1) is 0 Å². The lowest BCUT2D eigenvalue weighted by Gasteiger charge is -2.20. The monoisotopic (exact) mass is 442 g/mol. The first-order valence-corrected chi connectivity index (χ1v) is 10.4. The molecule has 4 rings (SSSR count). The molecule has 0 spiro atoms. The van der Waals surface area contributed by atoms with Crippen molar-refractivity contribution in [3.8, 4) is 5.75 Å². The summed E-state index contributed by atoms with van der Waals surface area (Å²) in [5.41, 5.74) is 6.67. The second-order valence-corrected chi connectivity index (χ2v) is 8.04. The first-order chi connectivity index (χ1) is 15.4. The van der Waals surface area contributed by atoms with Gasteiger partial charge in [0.15, 0.2) is 0 Å². The normalized spacial score (nSPS) is 21.6. The highest BCUT2D eigenvalue weighted by molar-refractivity contribution is 5.95. The molecule has 2 fully saturated rings. The summed E-state index contributed by atoms with van der Waals surface area (Å²) in [7, 11) is 0. The van der Waals surface area contributed by atoms with Crippen LogP contribution in [0.1, 0.15) is 22.3 Å². The first kappa shape index (κ1) is 21.7. The first-order valence-electron chi connectivity index (χ1n) is 10.4. The van der Waals surface area contributed by atoms with E-state index in [-0.39, 0.29) is 17.6 Å². The highest BCUT2D eigenvalue weighted by Crippen LogP contribution is 2.53. The third kappa shape index (κ3) is 5.22. The van der Waals surface area contributed by atoms with Crippen molar-refractivity contribution in [2.75, 3.05) is 25.4 Å². The Morgan fingerprint density at radius 2 is 2.03 bits per heavy atom. The number of aromatic nitrogens is 1. The number of pyridine rings is 1. The van der Waals surface area contributed by atoms with E-state index < -0.39 is 6.61 Å². The lowest BCUT2D eigenvalue weighted by atomic mass is 10.1. The van der Waals surface area contributed by atoms with E-state index in [0.717, 1.165) is 12.0 Å². The summed E-state index contributed by atoms with van der Waals surface area (Å²) in [6.45, 7) is -1.06. The molecule has 1 aromatic carbocycles. The van der Waals surface area contributed by atoms with Crippen molar-refractivity contribution in [3.63, 3.8) is 0 Å². The molecule has 1 aliphatic heterocycles. The van der Waals surface area contributed by atoms with Gasteiger partial charge >= 0.3 is 6.61 Å². The maximum atomic E-state index is 12.7. The number of nitrogens with zero attached hydrogens (tertiary/aromatic N) is 2. The minimum absolute atomic E-state index is 0.0227. The predicted molar refractivity (Wildman–Crippen MR) is 115 cm³/mol. The molecule has 3 N–H and O–H groups in total. The molecule has 168 valence electrons. The number of nitrogens with one attached hydrogen (secondary N) is 1. The average Bonchev–Trinajstić information content (AvgIpc) is 3.21. The standard InChI is InChI=1S/C23H24F2N4O3/c24-23(25)32-16-3-1-2-15(10-16)22(31)29-12-18-17(19(18)13-29)8-9-27-21(30)7-5-14-4-6-20(26)28-11-14/h1-7,10-11,17-19,23H,8-9,12-13H2,(H2,26,28)(H,27,30)/b7-5+/t17-,18-,19+. The molecule has 0 unspecified atom stereocenters. The van der Waals surface area contributed by atoms with Crippen LogP contribution in [0.4, 0.5) is 14.6 Å². The Bertz CT molecular complexity index is 1000. The van der Waals surface area contributed by atoms with Gasteiger partial charge in [-0.25, -0.2) is 4.98 Å². The second-order valence-electron chi connectivity index (χ2n) is 8.04. The molecule has 1 aromatic heterocycles. The molecular weight excluding hydrogens is 418 g/mol. The van der Waals surface area contributed by atoms with Crippen LogP contribution in [0.25, 0.3) is 6.08 Å². The number of nitrogen functional groups attached to an aromatic ring is 1. The minimum atomic E-state index is -2.92. The summed E-state index contributed by atoms with van der Waals surface area (Å²) in [4.78, 5) is 30.4. The number of carbonyl (C=O) groups excluding carboxylic acids is 2. The zero-order valence-corrected chi connectivity index (χ0v) is 17.3. The van der Waals surface area contributed by atoms with Gasteiger partial charge in [0.2, 0.25) is 5.91 Å². The van der Waals surface area contributed by atoms with E-state index in [4.69, 9.17) is 5.73 Å². The van der Waals surface area contributed by atoms with Gasteiger partial charge in [-0.05, 0) is 66.1 Å². The van der Waals surface area contributed by atoms with Crippen LogP contribution in [-0.4, -0.2) is 47.9 Å². The number of anilines is 1. The van der Waals surface area contributed by atoms with Crippen LogP contribution in [0.3, 0.4) is 0 Å². The zero-order chi connectivity index (χ0) is 22.7. The van der Waals surface area contributed by atoms with Crippen LogP contribution in [0.15, 0.2) is 48.7 Å². The Kier molecular flexibility index (Phi) is 6.34. The topological polar surface area (TPSA) is 97.6 Å². The Morgan fingerprint density at radius 3 is 2.72 bits per heavy atom. The van der Waals surface area contributed by atoms with Gasteiger partial charge in [-0.2, -0.15) is 8.78 Å². The van der Waals surface area contributed by atoms with Crippen LogP contribution in [0, 0.1) is 17.8 Å². The average molecular weight is 442 g/mol. The number of rotatable bonds is 8. The summed E-state index contributed by atoms with van der Waals surface area (Å²) in [6.07, 6.45) is 5.60. The fraction of sp³-hybridized carbons (Fsp3) is 0.348. The van der Waals surface area contributed by atoms with Crippen molar-refractivity contribution in [1.29, 1.82) is 0 Å². The van der Waals surface area contributed by atoms with Gasteiger partial charge in [0.1, 0.15) is 11.6 Å². The molecule has 0 bridgehead atoms. The highest BCUT2D eigenvalue weighted by atomic mass is 19.3. The number of hydrogen-bond acceptors (Lipinski definition) is 5. The Labute approximate surface area is 184 Å². The lowest BCUT2D eigenvalue weighted by molar-refractivity contribution is -0.116. The molecule has 3 atom stereocenters. The van der Waals surface area contributed by atoms with Crippen LogP contribution in [-0.2, 0) is 4.79 Å². The molecular formula is C23H24F2N4O3. The number of piperidine rings is 1. The predicted octanol–water partition coefficient (Wildman–Crippen LogP) is 2.80. The third-order valence-electron chi connectivity index (χ3n) is 5.98. The van der Waals surface area contributed by atoms with E-state index in [2.05, 4.69) is 15.0 Å². The van der Waals surface area contributed by atoms with Crippen LogP contribution >= 0.6 is 0 Å². The smallest absolute Gasteiger partial charge is 0.387 e. The molecule has 32 heavy (non-hydrogen) atoms.